The van der Waals surface area contributed by atoms with E-state index in [2.05, 4.69) is 16.0 Å². The molecule has 0 atom stereocenters. The normalized spacial score (nSPS) is 10.0. The van der Waals surface area contributed by atoms with E-state index in [0.717, 1.165) is 0 Å². The van der Waals surface area contributed by atoms with Crippen LogP contribution < -0.4 is 25.4 Å². The Hall–Kier alpha value is -3.29. The standard InChI is InChI=1S/C19H22FN3O4/c1-26-13-8-9-16(17(12-13)27-2)23-19(25)22-11-5-10-21-18(24)14-6-3-4-7-15(14)20/h3-4,6-9,12H,5,10-11H2,1-2H3,(H,21,24)(H2,22,23,25). The molecule has 0 unspecified atom stereocenters. The fourth-order valence-electron chi connectivity index (χ4n) is 2.30. The zero-order valence-corrected chi connectivity index (χ0v) is 15.2. The van der Waals surface area contributed by atoms with Gasteiger partial charge in [-0.15, -0.1) is 0 Å². The van der Waals surface area contributed by atoms with Gasteiger partial charge in [0.05, 0.1) is 25.5 Å². The van der Waals surface area contributed by atoms with E-state index in [-0.39, 0.29) is 5.56 Å². The number of halogens is 1. The third-order valence-electron chi connectivity index (χ3n) is 3.70. The molecule has 0 aliphatic carbocycles. The number of carbonyl (C=O) groups excluding carboxylic acids is 2. The molecule has 0 aliphatic rings. The first-order chi connectivity index (χ1) is 13.0. The first-order valence-electron chi connectivity index (χ1n) is 8.34. The number of urea groups is 1. The lowest BCUT2D eigenvalue weighted by molar-refractivity contribution is 0.0949. The molecule has 144 valence electrons. The van der Waals surface area contributed by atoms with Crippen LogP contribution in [0.3, 0.4) is 0 Å². The van der Waals surface area contributed by atoms with Crippen LogP contribution in [0.4, 0.5) is 14.9 Å². The lowest BCUT2D eigenvalue weighted by Gasteiger charge is -2.12. The van der Waals surface area contributed by atoms with Crippen LogP contribution in [0, 0.1) is 5.82 Å². The van der Waals surface area contributed by atoms with Gasteiger partial charge in [0.25, 0.3) is 5.91 Å². The van der Waals surface area contributed by atoms with Gasteiger partial charge in [0.15, 0.2) is 0 Å². The summed E-state index contributed by atoms with van der Waals surface area (Å²) in [5, 5.41) is 7.96. The van der Waals surface area contributed by atoms with Crippen molar-refractivity contribution in [3.8, 4) is 11.5 Å². The molecule has 0 radical (unpaired) electrons. The van der Waals surface area contributed by atoms with Crippen LogP contribution in [0.15, 0.2) is 42.5 Å². The van der Waals surface area contributed by atoms with Gasteiger partial charge >= 0.3 is 6.03 Å². The second kappa shape index (κ2) is 10.0. The summed E-state index contributed by atoms with van der Waals surface area (Å²) < 4.78 is 23.8. The number of hydrogen-bond donors (Lipinski definition) is 3. The summed E-state index contributed by atoms with van der Waals surface area (Å²) in [5.41, 5.74) is 0.499. The van der Waals surface area contributed by atoms with Crippen LogP contribution in [-0.4, -0.2) is 39.2 Å². The molecule has 0 bridgehead atoms. The highest BCUT2D eigenvalue weighted by Crippen LogP contribution is 2.28. The largest absolute Gasteiger partial charge is 0.497 e. The molecule has 3 amide bonds. The lowest BCUT2D eigenvalue weighted by atomic mass is 10.2. The SMILES string of the molecule is COc1ccc(NC(=O)NCCCNC(=O)c2ccccc2F)c(OC)c1. The Morgan fingerprint density at radius 1 is 1.00 bits per heavy atom. The van der Waals surface area contributed by atoms with E-state index >= 15 is 0 Å². The van der Waals surface area contributed by atoms with Gasteiger partial charge in [-0.05, 0) is 30.7 Å². The van der Waals surface area contributed by atoms with E-state index in [1.165, 1.54) is 25.3 Å². The van der Waals surface area contributed by atoms with Crippen LogP contribution in [0.2, 0.25) is 0 Å². The molecule has 0 spiro atoms. The summed E-state index contributed by atoms with van der Waals surface area (Å²) in [7, 11) is 3.04. The smallest absolute Gasteiger partial charge is 0.319 e. The molecular weight excluding hydrogens is 353 g/mol. The maximum absolute atomic E-state index is 13.5. The Kier molecular flexibility index (Phi) is 7.42. The number of methoxy groups -OCH3 is 2. The van der Waals surface area contributed by atoms with Gasteiger partial charge in [-0.1, -0.05) is 12.1 Å². The van der Waals surface area contributed by atoms with Crippen molar-refractivity contribution in [1.29, 1.82) is 0 Å². The Balaban J connectivity index is 1.72. The number of ether oxygens (including phenoxy) is 2. The van der Waals surface area contributed by atoms with Crippen LogP contribution in [-0.2, 0) is 0 Å². The molecule has 2 aromatic rings. The topological polar surface area (TPSA) is 88.7 Å². The quantitative estimate of drug-likeness (QED) is 0.619. The zero-order valence-electron chi connectivity index (χ0n) is 15.2. The molecule has 27 heavy (non-hydrogen) atoms. The Bertz CT molecular complexity index is 798. The van der Waals surface area contributed by atoms with E-state index in [9.17, 15) is 14.0 Å². The minimum Gasteiger partial charge on any atom is -0.497 e. The van der Waals surface area contributed by atoms with Crippen molar-refractivity contribution in [2.75, 3.05) is 32.6 Å². The molecular formula is C19H22FN3O4. The van der Waals surface area contributed by atoms with Gasteiger partial charge < -0.3 is 25.4 Å². The summed E-state index contributed by atoms with van der Waals surface area (Å²) in [6, 6.07) is 10.4. The summed E-state index contributed by atoms with van der Waals surface area (Å²) in [5.74, 6) is 0.0338. The molecule has 0 fully saturated rings. The third-order valence-corrected chi connectivity index (χ3v) is 3.70. The first-order valence-corrected chi connectivity index (χ1v) is 8.34. The molecule has 0 saturated carbocycles. The fourth-order valence-corrected chi connectivity index (χ4v) is 2.30. The first kappa shape index (κ1) is 20.0. The maximum Gasteiger partial charge on any atom is 0.319 e. The van der Waals surface area contributed by atoms with E-state index in [1.807, 2.05) is 0 Å². The van der Waals surface area contributed by atoms with Gasteiger partial charge in [0.2, 0.25) is 0 Å². The highest BCUT2D eigenvalue weighted by Gasteiger charge is 2.10. The van der Waals surface area contributed by atoms with Gasteiger partial charge in [0, 0.05) is 19.2 Å². The molecule has 0 aromatic heterocycles. The average molecular weight is 375 g/mol. The molecule has 0 heterocycles. The predicted molar refractivity (Wildman–Crippen MR) is 99.9 cm³/mol. The Morgan fingerprint density at radius 3 is 2.44 bits per heavy atom. The average Bonchev–Trinajstić information content (AvgIpc) is 2.68. The monoisotopic (exact) mass is 375 g/mol. The van der Waals surface area contributed by atoms with E-state index in [4.69, 9.17) is 9.47 Å². The Morgan fingerprint density at radius 2 is 1.74 bits per heavy atom. The minimum atomic E-state index is -0.569. The molecule has 0 aliphatic heterocycles. The molecule has 2 aromatic carbocycles. The van der Waals surface area contributed by atoms with Crippen molar-refractivity contribution < 1.29 is 23.5 Å². The zero-order chi connectivity index (χ0) is 19.6. The molecule has 7 nitrogen and oxygen atoms in total. The van der Waals surface area contributed by atoms with Gasteiger partial charge in [-0.25, -0.2) is 9.18 Å². The summed E-state index contributed by atoms with van der Waals surface area (Å²) in [4.78, 5) is 23.8. The van der Waals surface area contributed by atoms with Crippen molar-refractivity contribution in [2.24, 2.45) is 0 Å². The fraction of sp³-hybridized carbons (Fsp3) is 0.263. The third kappa shape index (κ3) is 5.88. The van der Waals surface area contributed by atoms with Crippen molar-refractivity contribution in [3.63, 3.8) is 0 Å². The Labute approximate surface area is 156 Å². The van der Waals surface area contributed by atoms with Crippen molar-refractivity contribution in [2.45, 2.75) is 6.42 Å². The van der Waals surface area contributed by atoms with Crippen LogP contribution in [0.25, 0.3) is 0 Å². The summed E-state index contributed by atoms with van der Waals surface area (Å²) in [6.45, 7) is 0.640. The van der Waals surface area contributed by atoms with E-state index in [1.54, 1.807) is 31.4 Å². The number of benzene rings is 2. The van der Waals surface area contributed by atoms with Crippen LogP contribution in [0.1, 0.15) is 16.8 Å². The second-order valence-electron chi connectivity index (χ2n) is 5.54. The number of hydrogen-bond acceptors (Lipinski definition) is 4. The summed E-state index contributed by atoms with van der Waals surface area (Å²) in [6.07, 6.45) is 0.493. The lowest BCUT2D eigenvalue weighted by Crippen LogP contribution is -2.32. The summed E-state index contributed by atoms with van der Waals surface area (Å²) >= 11 is 0. The van der Waals surface area contributed by atoms with E-state index < -0.39 is 17.8 Å². The van der Waals surface area contributed by atoms with Crippen molar-refractivity contribution in [3.05, 3.63) is 53.8 Å². The van der Waals surface area contributed by atoms with Crippen molar-refractivity contribution >= 4 is 17.6 Å². The van der Waals surface area contributed by atoms with E-state index in [0.29, 0.717) is 36.7 Å². The molecule has 0 saturated heterocycles. The van der Waals surface area contributed by atoms with Gasteiger partial charge in [-0.3, -0.25) is 4.79 Å². The predicted octanol–water partition coefficient (Wildman–Crippen LogP) is 2.78. The highest BCUT2D eigenvalue weighted by molar-refractivity contribution is 5.94. The number of rotatable bonds is 8. The number of anilines is 1. The molecule has 8 heteroatoms. The number of amides is 3. The number of carbonyl (C=O) groups is 2. The molecule has 2 rings (SSSR count). The highest BCUT2D eigenvalue weighted by atomic mass is 19.1. The van der Waals surface area contributed by atoms with Crippen molar-refractivity contribution in [1.82, 2.24) is 10.6 Å². The van der Waals surface area contributed by atoms with Gasteiger partial charge in [0.1, 0.15) is 17.3 Å². The minimum absolute atomic E-state index is 0.00481. The van der Waals surface area contributed by atoms with Crippen LogP contribution in [0.5, 0.6) is 11.5 Å². The second-order valence-corrected chi connectivity index (χ2v) is 5.54. The maximum atomic E-state index is 13.5. The molecule has 3 N–H and O–H groups in total. The number of nitrogens with one attached hydrogen (secondary N) is 3. The van der Waals surface area contributed by atoms with Gasteiger partial charge in [-0.2, -0.15) is 0 Å². The van der Waals surface area contributed by atoms with Crippen LogP contribution >= 0.6 is 0 Å².